The Morgan fingerprint density at radius 2 is 1.79 bits per heavy atom. The van der Waals surface area contributed by atoms with Crippen molar-refractivity contribution < 1.29 is 22.4 Å². The summed E-state index contributed by atoms with van der Waals surface area (Å²) in [5.41, 5.74) is 0.489. The number of aromatic nitrogens is 3. The van der Waals surface area contributed by atoms with E-state index in [1.165, 1.54) is 23.0 Å². The first-order valence-electron chi connectivity index (χ1n) is 10.4. The van der Waals surface area contributed by atoms with Crippen LogP contribution in [0.15, 0.2) is 42.7 Å². The van der Waals surface area contributed by atoms with Crippen LogP contribution in [0.1, 0.15) is 55.2 Å². The Labute approximate surface area is 189 Å². The average Bonchev–Trinajstić information content (AvgIpc) is 3.18. The molecule has 1 amide bonds. The second-order valence-electron chi connectivity index (χ2n) is 8.24. The fraction of sp³-hybridized carbons (Fsp3) is 0.348. The quantitative estimate of drug-likeness (QED) is 0.480. The summed E-state index contributed by atoms with van der Waals surface area (Å²) in [6.45, 7) is 7.52. The maximum absolute atomic E-state index is 14.6. The largest absolute Gasteiger partial charge is 0.417 e. The summed E-state index contributed by atoms with van der Waals surface area (Å²) in [6, 6.07) is 6.63. The van der Waals surface area contributed by atoms with E-state index in [-0.39, 0.29) is 29.0 Å². The van der Waals surface area contributed by atoms with E-state index in [9.17, 15) is 22.4 Å². The van der Waals surface area contributed by atoms with E-state index < -0.39 is 23.5 Å². The smallest absolute Gasteiger partial charge is 0.370 e. The Morgan fingerprint density at radius 3 is 2.30 bits per heavy atom. The van der Waals surface area contributed by atoms with Crippen molar-refractivity contribution in [1.29, 1.82) is 0 Å². The molecule has 0 unspecified atom stereocenters. The van der Waals surface area contributed by atoms with Crippen LogP contribution < -0.4 is 10.2 Å². The molecule has 6 nitrogen and oxygen atoms in total. The van der Waals surface area contributed by atoms with Crippen molar-refractivity contribution in [2.24, 2.45) is 0 Å². The molecule has 2 heterocycles. The summed E-state index contributed by atoms with van der Waals surface area (Å²) in [5, 5.41) is 6.83. The van der Waals surface area contributed by atoms with Crippen LogP contribution >= 0.6 is 0 Å². The molecule has 0 saturated heterocycles. The Kier molecular flexibility index (Phi) is 6.76. The summed E-state index contributed by atoms with van der Waals surface area (Å²) in [7, 11) is 1.78. The third-order valence-electron chi connectivity index (χ3n) is 5.25. The molecule has 3 aromatic rings. The molecule has 1 N–H and O–H groups in total. The molecule has 0 aliphatic rings. The van der Waals surface area contributed by atoms with E-state index in [0.717, 1.165) is 12.3 Å². The van der Waals surface area contributed by atoms with Gasteiger partial charge in [-0.25, -0.2) is 14.1 Å². The number of anilines is 2. The molecule has 1 aromatic carbocycles. The molecule has 0 atom stereocenters. The number of carbonyl (C=O) groups excluding carboxylic acids is 1. The number of pyridine rings is 1. The highest BCUT2D eigenvalue weighted by atomic mass is 19.4. The normalized spacial score (nSPS) is 11.8. The van der Waals surface area contributed by atoms with Crippen LogP contribution in [0.25, 0.3) is 5.82 Å². The van der Waals surface area contributed by atoms with Crippen molar-refractivity contribution in [3.63, 3.8) is 0 Å². The maximum atomic E-state index is 14.6. The van der Waals surface area contributed by atoms with Crippen LogP contribution in [0.2, 0.25) is 0 Å². The van der Waals surface area contributed by atoms with Crippen LogP contribution in [0.3, 0.4) is 0 Å². The number of halogens is 4. The third-order valence-corrected chi connectivity index (χ3v) is 5.25. The SMILES string of the molecule is CC(C)c1c(C(=O)Nc2ccc(N(C)C(C)C)c(F)c2)cnn1-c1ccc(C(F)(F)F)cn1. The van der Waals surface area contributed by atoms with Crippen LogP contribution in [0.5, 0.6) is 0 Å². The van der Waals surface area contributed by atoms with Crippen molar-refractivity contribution in [3.05, 3.63) is 65.4 Å². The van der Waals surface area contributed by atoms with Crippen LogP contribution in [0, 0.1) is 5.82 Å². The summed E-state index contributed by atoms with van der Waals surface area (Å²) < 4.78 is 54.4. The molecule has 0 aliphatic heterocycles. The predicted octanol–water partition coefficient (Wildman–Crippen LogP) is 5.65. The lowest BCUT2D eigenvalue weighted by molar-refractivity contribution is -0.137. The zero-order chi connectivity index (χ0) is 24.5. The Balaban J connectivity index is 1.89. The number of alkyl halides is 3. The van der Waals surface area contributed by atoms with E-state index in [4.69, 9.17) is 0 Å². The monoisotopic (exact) mass is 463 g/mol. The van der Waals surface area contributed by atoms with Gasteiger partial charge < -0.3 is 10.2 Å². The standard InChI is InChI=1S/C23H25F4N5O/c1-13(2)21-17(12-29-32(21)20-9-6-15(11-28-20)23(25,26)27)22(33)30-16-7-8-19(18(24)10-16)31(5)14(3)4/h6-14H,1-5H3,(H,30,33). The molecule has 176 valence electrons. The molecular weight excluding hydrogens is 438 g/mol. The van der Waals surface area contributed by atoms with Gasteiger partial charge in [0.1, 0.15) is 5.82 Å². The van der Waals surface area contributed by atoms with E-state index in [0.29, 0.717) is 11.4 Å². The molecule has 0 bridgehead atoms. The van der Waals surface area contributed by atoms with Gasteiger partial charge in [0.25, 0.3) is 5.91 Å². The summed E-state index contributed by atoms with van der Waals surface area (Å²) in [4.78, 5) is 18.6. The first kappa shape index (κ1) is 24.2. The summed E-state index contributed by atoms with van der Waals surface area (Å²) in [6.07, 6.45) is -2.46. The van der Waals surface area contributed by atoms with Crippen molar-refractivity contribution in [2.45, 2.75) is 45.8 Å². The number of benzene rings is 1. The molecule has 10 heteroatoms. The van der Waals surface area contributed by atoms with Gasteiger partial charge in [0.2, 0.25) is 0 Å². The summed E-state index contributed by atoms with van der Waals surface area (Å²) >= 11 is 0. The van der Waals surface area contributed by atoms with Crippen molar-refractivity contribution in [1.82, 2.24) is 14.8 Å². The van der Waals surface area contributed by atoms with Gasteiger partial charge in [-0.1, -0.05) is 13.8 Å². The van der Waals surface area contributed by atoms with Gasteiger partial charge in [-0.2, -0.15) is 18.3 Å². The lowest BCUT2D eigenvalue weighted by atomic mass is 10.1. The minimum Gasteiger partial charge on any atom is -0.370 e. The van der Waals surface area contributed by atoms with Gasteiger partial charge in [-0.05, 0) is 50.1 Å². The number of hydrogen-bond acceptors (Lipinski definition) is 4. The minimum absolute atomic E-state index is 0.0955. The van der Waals surface area contributed by atoms with Crippen LogP contribution in [0.4, 0.5) is 28.9 Å². The molecule has 0 fully saturated rings. The highest BCUT2D eigenvalue weighted by Crippen LogP contribution is 2.30. The molecule has 0 aliphatic carbocycles. The lowest BCUT2D eigenvalue weighted by Gasteiger charge is -2.24. The van der Waals surface area contributed by atoms with E-state index in [1.54, 1.807) is 24.1 Å². The number of hydrogen-bond donors (Lipinski definition) is 1. The first-order valence-corrected chi connectivity index (χ1v) is 10.4. The average molecular weight is 463 g/mol. The van der Waals surface area contributed by atoms with Crippen molar-refractivity contribution in [3.8, 4) is 5.82 Å². The van der Waals surface area contributed by atoms with E-state index in [2.05, 4.69) is 15.4 Å². The molecule has 33 heavy (non-hydrogen) atoms. The second-order valence-corrected chi connectivity index (χ2v) is 8.24. The molecule has 0 radical (unpaired) electrons. The number of amides is 1. The lowest BCUT2D eigenvalue weighted by Crippen LogP contribution is -2.26. The Morgan fingerprint density at radius 1 is 1.09 bits per heavy atom. The zero-order valence-electron chi connectivity index (χ0n) is 18.9. The van der Waals surface area contributed by atoms with E-state index >= 15 is 0 Å². The predicted molar refractivity (Wildman–Crippen MR) is 118 cm³/mol. The van der Waals surface area contributed by atoms with Gasteiger partial charge in [-0.3, -0.25) is 4.79 Å². The van der Waals surface area contributed by atoms with Gasteiger partial charge >= 0.3 is 6.18 Å². The molecule has 0 saturated carbocycles. The molecular formula is C23H25F4N5O. The highest BCUT2D eigenvalue weighted by molar-refractivity contribution is 6.05. The molecule has 2 aromatic heterocycles. The Hall–Kier alpha value is -3.43. The second kappa shape index (κ2) is 9.21. The number of carbonyl (C=O) groups is 1. The number of rotatable bonds is 6. The van der Waals surface area contributed by atoms with Crippen molar-refractivity contribution >= 4 is 17.3 Å². The molecule has 0 spiro atoms. The fourth-order valence-corrected chi connectivity index (χ4v) is 3.30. The van der Waals surface area contributed by atoms with Gasteiger partial charge in [0.05, 0.1) is 28.7 Å². The molecule has 3 rings (SSSR count). The van der Waals surface area contributed by atoms with Crippen LogP contribution in [-0.2, 0) is 6.18 Å². The van der Waals surface area contributed by atoms with Crippen LogP contribution in [-0.4, -0.2) is 33.8 Å². The highest BCUT2D eigenvalue weighted by Gasteiger charge is 2.31. The van der Waals surface area contributed by atoms with Gasteiger partial charge in [0, 0.05) is 25.0 Å². The van der Waals surface area contributed by atoms with Gasteiger partial charge in [-0.15, -0.1) is 0 Å². The number of nitrogens with one attached hydrogen (secondary N) is 1. The first-order chi connectivity index (χ1) is 15.4. The Bertz CT molecular complexity index is 1140. The van der Waals surface area contributed by atoms with E-state index in [1.807, 2.05) is 27.7 Å². The minimum atomic E-state index is -4.50. The fourth-order valence-electron chi connectivity index (χ4n) is 3.30. The maximum Gasteiger partial charge on any atom is 0.417 e. The number of nitrogens with zero attached hydrogens (tertiary/aromatic N) is 4. The zero-order valence-corrected chi connectivity index (χ0v) is 18.9. The van der Waals surface area contributed by atoms with Crippen molar-refractivity contribution in [2.75, 3.05) is 17.3 Å². The van der Waals surface area contributed by atoms with Gasteiger partial charge in [0.15, 0.2) is 5.82 Å². The topological polar surface area (TPSA) is 63.1 Å². The summed E-state index contributed by atoms with van der Waals surface area (Å²) in [5.74, 6) is -1.03. The third kappa shape index (κ3) is 5.15.